The van der Waals surface area contributed by atoms with E-state index in [1.54, 1.807) is 36.4 Å². The molecular weight excluding hydrogens is 798 g/mol. The third kappa shape index (κ3) is 7.77. The molecule has 0 aliphatic rings. The lowest BCUT2D eigenvalue weighted by atomic mass is 10.1. The average Bonchev–Trinajstić information content (AvgIpc) is 2.96. The zero-order valence-corrected chi connectivity index (χ0v) is 28.3. The summed E-state index contributed by atoms with van der Waals surface area (Å²) in [6.07, 6.45) is 0. The van der Waals surface area contributed by atoms with Crippen LogP contribution in [0.1, 0.15) is 33.4 Å². The molecule has 0 bridgehead atoms. The van der Waals surface area contributed by atoms with Crippen LogP contribution in [0, 0.1) is 68.0 Å². The molecule has 0 aliphatic heterocycles. The van der Waals surface area contributed by atoms with Gasteiger partial charge in [-0.3, -0.25) is 0 Å². The summed E-state index contributed by atoms with van der Waals surface area (Å²) in [5, 5.41) is 51.7. The van der Waals surface area contributed by atoms with Crippen molar-refractivity contribution in [1.29, 1.82) is 31.6 Å². The fourth-order valence-corrected chi connectivity index (χ4v) is 5.70. The van der Waals surface area contributed by atoms with Crippen LogP contribution in [0.4, 0.5) is 0 Å². The molecule has 42 heavy (non-hydrogen) atoms. The van der Waals surface area contributed by atoms with E-state index in [2.05, 4.69) is 0 Å². The molecule has 3 aromatic carbocycles. The van der Waals surface area contributed by atoms with Gasteiger partial charge in [0.15, 0.2) is 0 Å². The van der Waals surface area contributed by atoms with Gasteiger partial charge in [-0.25, -0.2) is 0 Å². The molecule has 18 heteroatoms. The summed E-state index contributed by atoms with van der Waals surface area (Å²) in [5.74, 6) is 0. The molecule has 0 saturated heterocycles. The van der Waals surface area contributed by atoms with Crippen molar-refractivity contribution in [2.24, 2.45) is 0 Å². The monoisotopic (exact) mass is 792 g/mol. The van der Waals surface area contributed by atoms with Crippen LogP contribution in [0.25, 0.3) is 0 Å². The smallest absolute Gasteiger partial charge is 0.102 e. The Labute approximate surface area is 298 Å². The van der Waals surface area contributed by atoms with Crippen molar-refractivity contribution in [2.45, 2.75) is 0 Å². The van der Waals surface area contributed by atoms with Crippen molar-refractivity contribution in [3.8, 4) is 36.4 Å². The van der Waals surface area contributed by atoms with Gasteiger partial charge in [0.2, 0.25) is 0 Å². The van der Waals surface area contributed by atoms with Crippen molar-refractivity contribution < 1.29 is 0 Å². The SMILES string of the molecule is N#Cc1c(Cl)c(Cl)c(Cl)c(C#N)c1Cl.N#Cc1c(Cl)c(Cl)c(Cl)c(C#N)c1Cl.N#Cc1c(Cl)c(Cl)c(Cl)c(C#N)c1Cl. The summed E-state index contributed by atoms with van der Waals surface area (Å²) in [7, 11) is 0. The zero-order valence-electron chi connectivity index (χ0n) is 19.2. The third-order valence-corrected chi connectivity index (χ3v) is 9.58. The standard InChI is InChI=1S/3C8Cl4N2/c3*9-5-3(1-13)6(10)8(12)7(11)4(5)2-14. The van der Waals surface area contributed by atoms with Gasteiger partial charge >= 0.3 is 0 Å². The van der Waals surface area contributed by atoms with E-state index in [4.69, 9.17) is 171 Å². The van der Waals surface area contributed by atoms with E-state index >= 15 is 0 Å². The summed E-state index contributed by atoms with van der Waals surface area (Å²) in [6, 6.07) is 10.5. The molecule has 0 amide bonds. The molecule has 0 spiro atoms. The van der Waals surface area contributed by atoms with E-state index in [1.807, 2.05) is 0 Å². The molecule has 0 fully saturated rings. The molecule has 0 unspecified atom stereocenters. The molecule has 3 rings (SSSR count). The fourth-order valence-electron chi connectivity index (χ4n) is 2.49. The first kappa shape index (κ1) is 38.1. The van der Waals surface area contributed by atoms with Gasteiger partial charge in [0.25, 0.3) is 0 Å². The largest absolute Gasteiger partial charge is 0.192 e. The van der Waals surface area contributed by atoms with Crippen molar-refractivity contribution in [1.82, 2.24) is 0 Å². The normalized spacial score (nSPS) is 9.29. The topological polar surface area (TPSA) is 143 Å². The molecule has 0 radical (unpaired) electrons. The van der Waals surface area contributed by atoms with E-state index in [0.717, 1.165) is 0 Å². The van der Waals surface area contributed by atoms with Crippen molar-refractivity contribution in [2.75, 3.05) is 0 Å². The molecule has 0 aliphatic carbocycles. The van der Waals surface area contributed by atoms with Crippen LogP contribution in [-0.2, 0) is 0 Å². The number of nitriles is 6. The van der Waals surface area contributed by atoms with Gasteiger partial charge in [0.1, 0.15) is 36.4 Å². The molecular formula is C24Cl12N6. The number of nitrogens with zero attached hydrogens (tertiary/aromatic N) is 6. The van der Waals surface area contributed by atoms with Gasteiger partial charge in [0.05, 0.1) is 93.7 Å². The van der Waals surface area contributed by atoms with E-state index in [-0.39, 0.29) is 93.7 Å². The molecule has 6 nitrogen and oxygen atoms in total. The third-order valence-electron chi connectivity index (χ3n) is 4.46. The fraction of sp³-hybridized carbons (Fsp3) is 0. The lowest BCUT2D eigenvalue weighted by molar-refractivity contribution is 1.45. The van der Waals surface area contributed by atoms with Crippen LogP contribution in [0.2, 0.25) is 60.3 Å². The Hall–Kier alpha value is -1.92. The van der Waals surface area contributed by atoms with E-state index in [9.17, 15) is 0 Å². The number of hydrogen-bond acceptors (Lipinski definition) is 6. The van der Waals surface area contributed by atoms with Gasteiger partial charge in [-0.15, -0.1) is 0 Å². The van der Waals surface area contributed by atoms with Gasteiger partial charge in [-0.05, 0) is 0 Å². The lowest BCUT2D eigenvalue weighted by Crippen LogP contribution is -1.89. The number of benzene rings is 3. The molecule has 0 heterocycles. The Bertz CT molecular complexity index is 1540. The highest BCUT2D eigenvalue weighted by atomic mass is 35.5. The molecule has 0 aromatic heterocycles. The Balaban J connectivity index is 0.000000315. The van der Waals surface area contributed by atoms with Gasteiger partial charge in [-0.2, -0.15) is 31.6 Å². The zero-order chi connectivity index (χ0) is 32.6. The van der Waals surface area contributed by atoms with Gasteiger partial charge < -0.3 is 0 Å². The summed E-state index contributed by atoms with van der Waals surface area (Å²) in [4.78, 5) is 0. The first-order valence-corrected chi connectivity index (χ1v) is 14.1. The maximum Gasteiger partial charge on any atom is 0.102 e. The number of halogens is 12. The van der Waals surface area contributed by atoms with Crippen molar-refractivity contribution >= 4 is 139 Å². The maximum absolute atomic E-state index is 8.70. The average molecular weight is 798 g/mol. The summed E-state index contributed by atoms with van der Waals surface area (Å²) in [6.45, 7) is 0. The van der Waals surface area contributed by atoms with Crippen LogP contribution in [0.3, 0.4) is 0 Å². The van der Waals surface area contributed by atoms with Crippen LogP contribution < -0.4 is 0 Å². The van der Waals surface area contributed by atoms with Gasteiger partial charge in [-0.1, -0.05) is 139 Å². The van der Waals surface area contributed by atoms with Crippen molar-refractivity contribution in [3.05, 3.63) is 93.7 Å². The molecule has 0 saturated carbocycles. The number of rotatable bonds is 0. The molecule has 210 valence electrons. The minimum Gasteiger partial charge on any atom is -0.192 e. The first-order valence-electron chi connectivity index (χ1n) is 9.61. The van der Waals surface area contributed by atoms with Crippen LogP contribution >= 0.6 is 139 Å². The Morgan fingerprint density at radius 3 is 0.429 bits per heavy atom. The predicted octanol–water partition coefficient (Wildman–Crippen LogP) is 12.1. The number of hydrogen-bond donors (Lipinski definition) is 0. The first-order chi connectivity index (χ1) is 19.6. The highest BCUT2D eigenvalue weighted by molar-refractivity contribution is 6.52. The Morgan fingerprint density at radius 1 is 0.214 bits per heavy atom. The molecule has 0 N–H and O–H groups in total. The van der Waals surface area contributed by atoms with Gasteiger partial charge in [0, 0.05) is 0 Å². The van der Waals surface area contributed by atoms with Crippen molar-refractivity contribution in [3.63, 3.8) is 0 Å². The Morgan fingerprint density at radius 2 is 0.333 bits per heavy atom. The van der Waals surface area contributed by atoms with Crippen LogP contribution in [0.15, 0.2) is 0 Å². The minimum atomic E-state index is -0.0746. The second-order valence-corrected chi connectivity index (χ2v) is 11.2. The predicted molar refractivity (Wildman–Crippen MR) is 168 cm³/mol. The highest BCUT2D eigenvalue weighted by Crippen LogP contribution is 2.42. The minimum absolute atomic E-state index is 0.0363. The van der Waals surface area contributed by atoms with E-state index in [1.165, 1.54) is 0 Å². The Kier molecular flexibility index (Phi) is 15.2. The second kappa shape index (κ2) is 16.8. The van der Waals surface area contributed by atoms with Crippen LogP contribution in [0.5, 0.6) is 0 Å². The molecule has 0 atom stereocenters. The van der Waals surface area contributed by atoms with Crippen LogP contribution in [-0.4, -0.2) is 0 Å². The van der Waals surface area contributed by atoms with E-state index in [0.29, 0.717) is 0 Å². The summed E-state index contributed by atoms with van der Waals surface area (Å²) in [5.41, 5.74) is -0.254. The van der Waals surface area contributed by atoms with E-state index < -0.39 is 0 Å². The molecule has 3 aromatic rings. The summed E-state index contributed by atoms with van der Waals surface area (Å²) < 4.78 is 0. The second-order valence-electron chi connectivity index (χ2n) is 6.69. The quantitative estimate of drug-likeness (QED) is 0.164. The lowest BCUT2D eigenvalue weighted by Gasteiger charge is -2.05. The highest BCUT2D eigenvalue weighted by Gasteiger charge is 2.21. The summed E-state index contributed by atoms with van der Waals surface area (Å²) >= 11 is 68.4. The maximum atomic E-state index is 8.70.